The standard InChI is InChI=1S/C7H11N3/c8-5-6(9)7-3-1-2-4-10-7/h1-4,6H,5,8-9H2/t6-/m1/s1. The van der Waals surface area contributed by atoms with Gasteiger partial charge in [0.05, 0.1) is 11.7 Å². The maximum Gasteiger partial charge on any atom is 0.0594 e. The van der Waals surface area contributed by atoms with Gasteiger partial charge in [0, 0.05) is 12.7 Å². The van der Waals surface area contributed by atoms with E-state index in [4.69, 9.17) is 11.5 Å². The first kappa shape index (κ1) is 7.18. The Morgan fingerprint density at radius 2 is 2.30 bits per heavy atom. The van der Waals surface area contributed by atoms with E-state index in [2.05, 4.69) is 4.98 Å². The molecule has 0 aromatic carbocycles. The highest BCUT2D eigenvalue weighted by Gasteiger charge is 2.01. The van der Waals surface area contributed by atoms with Gasteiger partial charge < -0.3 is 11.5 Å². The monoisotopic (exact) mass is 137 g/mol. The normalized spacial score (nSPS) is 13.0. The third-order valence-electron chi connectivity index (χ3n) is 1.32. The molecule has 3 heteroatoms. The molecule has 3 nitrogen and oxygen atoms in total. The van der Waals surface area contributed by atoms with Crippen LogP contribution < -0.4 is 11.5 Å². The molecule has 4 N–H and O–H groups in total. The zero-order valence-corrected chi connectivity index (χ0v) is 5.70. The average Bonchev–Trinajstić information content (AvgIpc) is 2.05. The van der Waals surface area contributed by atoms with Crippen LogP contribution in [0.3, 0.4) is 0 Å². The molecule has 0 bridgehead atoms. The van der Waals surface area contributed by atoms with Crippen LogP contribution in [0.1, 0.15) is 11.7 Å². The van der Waals surface area contributed by atoms with E-state index in [0.29, 0.717) is 6.54 Å². The van der Waals surface area contributed by atoms with Gasteiger partial charge in [-0.15, -0.1) is 0 Å². The van der Waals surface area contributed by atoms with Gasteiger partial charge in [-0.05, 0) is 12.1 Å². The van der Waals surface area contributed by atoms with Crippen molar-refractivity contribution in [2.75, 3.05) is 6.54 Å². The third-order valence-corrected chi connectivity index (χ3v) is 1.32. The van der Waals surface area contributed by atoms with E-state index in [-0.39, 0.29) is 6.04 Å². The number of hydrogen-bond acceptors (Lipinski definition) is 3. The smallest absolute Gasteiger partial charge is 0.0594 e. The Kier molecular flexibility index (Phi) is 2.36. The van der Waals surface area contributed by atoms with E-state index >= 15 is 0 Å². The van der Waals surface area contributed by atoms with Crippen molar-refractivity contribution in [1.82, 2.24) is 4.98 Å². The summed E-state index contributed by atoms with van der Waals surface area (Å²) in [5.41, 5.74) is 11.8. The van der Waals surface area contributed by atoms with Gasteiger partial charge in [-0.25, -0.2) is 0 Å². The molecule has 1 rings (SSSR count). The van der Waals surface area contributed by atoms with E-state index in [9.17, 15) is 0 Å². The molecule has 1 heterocycles. The molecule has 0 saturated heterocycles. The molecular formula is C7H11N3. The molecule has 0 amide bonds. The Hall–Kier alpha value is -0.930. The van der Waals surface area contributed by atoms with Gasteiger partial charge in [0.15, 0.2) is 0 Å². The van der Waals surface area contributed by atoms with Crippen molar-refractivity contribution in [3.8, 4) is 0 Å². The molecule has 1 aromatic rings. The predicted molar refractivity (Wildman–Crippen MR) is 40.2 cm³/mol. The molecule has 0 fully saturated rings. The highest BCUT2D eigenvalue weighted by molar-refractivity contribution is 5.07. The van der Waals surface area contributed by atoms with Crippen molar-refractivity contribution in [3.63, 3.8) is 0 Å². The Balaban J connectivity index is 2.75. The molecule has 0 aliphatic rings. The van der Waals surface area contributed by atoms with Crippen molar-refractivity contribution in [2.45, 2.75) is 6.04 Å². The largest absolute Gasteiger partial charge is 0.329 e. The fraction of sp³-hybridized carbons (Fsp3) is 0.286. The summed E-state index contributed by atoms with van der Waals surface area (Å²) in [6.07, 6.45) is 1.71. The van der Waals surface area contributed by atoms with Crippen molar-refractivity contribution < 1.29 is 0 Å². The fourth-order valence-corrected chi connectivity index (χ4v) is 0.716. The molecule has 1 aromatic heterocycles. The number of pyridine rings is 1. The molecule has 0 saturated carbocycles. The van der Waals surface area contributed by atoms with Gasteiger partial charge in [-0.1, -0.05) is 6.07 Å². The Morgan fingerprint density at radius 3 is 2.80 bits per heavy atom. The van der Waals surface area contributed by atoms with Crippen molar-refractivity contribution in [1.29, 1.82) is 0 Å². The summed E-state index contributed by atoms with van der Waals surface area (Å²) in [6, 6.07) is 5.50. The molecule has 54 valence electrons. The van der Waals surface area contributed by atoms with Gasteiger partial charge in [0.2, 0.25) is 0 Å². The van der Waals surface area contributed by atoms with Gasteiger partial charge in [-0.3, -0.25) is 4.98 Å². The summed E-state index contributed by atoms with van der Waals surface area (Å²) in [4.78, 5) is 4.04. The average molecular weight is 137 g/mol. The molecular weight excluding hydrogens is 126 g/mol. The highest BCUT2D eigenvalue weighted by Crippen LogP contribution is 2.02. The number of aromatic nitrogens is 1. The lowest BCUT2D eigenvalue weighted by atomic mass is 10.2. The van der Waals surface area contributed by atoms with E-state index in [1.54, 1.807) is 6.20 Å². The van der Waals surface area contributed by atoms with Crippen LogP contribution in [0.4, 0.5) is 0 Å². The Labute approximate surface area is 60.1 Å². The van der Waals surface area contributed by atoms with Crippen LogP contribution in [-0.4, -0.2) is 11.5 Å². The van der Waals surface area contributed by atoms with Gasteiger partial charge in [0.1, 0.15) is 0 Å². The topological polar surface area (TPSA) is 64.9 Å². The van der Waals surface area contributed by atoms with Crippen LogP contribution in [0.5, 0.6) is 0 Å². The second-order valence-electron chi connectivity index (χ2n) is 2.10. The summed E-state index contributed by atoms with van der Waals surface area (Å²) in [5.74, 6) is 0. The minimum atomic E-state index is -0.124. The quantitative estimate of drug-likeness (QED) is 0.605. The summed E-state index contributed by atoms with van der Waals surface area (Å²) < 4.78 is 0. The lowest BCUT2D eigenvalue weighted by molar-refractivity contribution is 0.711. The fourth-order valence-electron chi connectivity index (χ4n) is 0.716. The van der Waals surface area contributed by atoms with Gasteiger partial charge in [-0.2, -0.15) is 0 Å². The molecule has 0 aliphatic carbocycles. The maximum atomic E-state index is 5.61. The van der Waals surface area contributed by atoms with Crippen LogP contribution in [-0.2, 0) is 0 Å². The maximum absolute atomic E-state index is 5.61. The van der Waals surface area contributed by atoms with Gasteiger partial charge in [0.25, 0.3) is 0 Å². The number of nitrogens with zero attached hydrogens (tertiary/aromatic N) is 1. The van der Waals surface area contributed by atoms with E-state index in [0.717, 1.165) is 5.69 Å². The summed E-state index contributed by atoms with van der Waals surface area (Å²) in [6.45, 7) is 0.441. The first-order valence-electron chi connectivity index (χ1n) is 3.21. The van der Waals surface area contributed by atoms with Crippen molar-refractivity contribution in [2.24, 2.45) is 11.5 Å². The highest BCUT2D eigenvalue weighted by atomic mass is 14.8. The number of nitrogens with two attached hydrogens (primary N) is 2. The number of rotatable bonds is 2. The first-order valence-corrected chi connectivity index (χ1v) is 3.21. The molecule has 10 heavy (non-hydrogen) atoms. The van der Waals surface area contributed by atoms with E-state index in [1.165, 1.54) is 0 Å². The third kappa shape index (κ3) is 1.52. The summed E-state index contributed by atoms with van der Waals surface area (Å²) in [7, 11) is 0. The Bertz CT molecular complexity index is 185. The van der Waals surface area contributed by atoms with E-state index < -0.39 is 0 Å². The second-order valence-corrected chi connectivity index (χ2v) is 2.10. The SMILES string of the molecule is NC[C@@H](N)c1ccccn1. The Morgan fingerprint density at radius 1 is 1.50 bits per heavy atom. The zero-order valence-electron chi connectivity index (χ0n) is 5.70. The predicted octanol–water partition coefficient (Wildman–Crippen LogP) is 0.0401. The zero-order chi connectivity index (χ0) is 7.40. The molecule has 0 radical (unpaired) electrons. The number of hydrogen-bond donors (Lipinski definition) is 2. The second kappa shape index (κ2) is 3.29. The van der Waals surface area contributed by atoms with Crippen LogP contribution >= 0.6 is 0 Å². The van der Waals surface area contributed by atoms with Crippen LogP contribution in [0.15, 0.2) is 24.4 Å². The van der Waals surface area contributed by atoms with Crippen LogP contribution in [0.2, 0.25) is 0 Å². The summed E-state index contributed by atoms with van der Waals surface area (Å²) >= 11 is 0. The minimum Gasteiger partial charge on any atom is -0.329 e. The lowest BCUT2D eigenvalue weighted by Gasteiger charge is -2.05. The van der Waals surface area contributed by atoms with Crippen molar-refractivity contribution >= 4 is 0 Å². The summed E-state index contributed by atoms with van der Waals surface area (Å²) in [5, 5.41) is 0. The van der Waals surface area contributed by atoms with Crippen molar-refractivity contribution in [3.05, 3.63) is 30.1 Å². The molecule has 0 spiro atoms. The minimum absolute atomic E-state index is 0.124. The molecule has 0 unspecified atom stereocenters. The van der Waals surface area contributed by atoms with E-state index in [1.807, 2.05) is 18.2 Å². The van der Waals surface area contributed by atoms with Crippen LogP contribution in [0, 0.1) is 0 Å². The first-order chi connectivity index (χ1) is 4.84. The van der Waals surface area contributed by atoms with Gasteiger partial charge >= 0.3 is 0 Å². The van der Waals surface area contributed by atoms with Crippen LogP contribution in [0.25, 0.3) is 0 Å². The molecule has 1 atom stereocenters. The molecule has 0 aliphatic heterocycles. The lowest BCUT2D eigenvalue weighted by Crippen LogP contribution is -2.21.